The molecule has 1 atom stereocenters. The summed E-state index contributed by atoms with van der Waals surface area (Å²) in [4.78, 5) is 34.0. The first-order chi connectivity index (χ1) is 14.3. The molecule has 3 rings (SSSR count). The zero-order valence-corrected chi connectivity index (χ0v) is 19.1. The van der Waals surface area contributed by atoms with Gasteiger partial charge in [-0.2, -0.15) is 0 Å². The Labute approximate surface area is 181 Å². The van der Waals surface area contributed by atoms with Crippen LogP contribution in [0, 0.1) is 5.92 Å². The molecule has 1 aromatic rings. The zero-order valence-electron chi connectivity index (χ0n) is 19.1. The molecule has 0 bridgehead atoms. The van der Waals surface area contributed by atoms with Crippen molar-refractivity contribution in [2.75, 3.05) is 59.3 Å². The van der Waals surface area contributed by atoms with Gasteiger partial charge in [0.2, 0.25) is 5.91 Å². The van der Waals surface area contributed by atoms with E-state index in [-0.39, 0.29) is 11.8 Å². The maximum atomic E-state index is 12.9. The molecule has 0 N–H and O–H groups in total. The van der Waals surface area contributed by atoms with Crippen molar-refractivity contribution in [3.63, 3.8) is 0 Å². The summed E-state index contributed by atoms with van der Waals surface area (Å²) in [6.45, 7) is 3.71. The van der Waals surface area contributed by atoms with Gasteiger partial charge in [-0.25, -0.2) is 0 Å². The van der Waals surface area contributed by atoms with E-state index in [4.69, 9.17) is 0 Å². The third kappa shape index (κ3) is 5.75. The lowest BCUT2D eigenvalue weighted by atomic mass is 9.92. The van der Waals surface area contributed by atoms with Crippen LogP contribution >= 0.6 is 0 Å². The summed E-state index contributed by atoms with van der Waals surface area (Å²) in [7, 11) is 8.10. The van der Waals surface area contributed by atoms with Gasteiger partial charge in [-0.3, -0.25) is 9.59 Å². The maximum absolute atomic E-state index is 12.9. The van der Waals surface area contributed by atoms with Crippen molar-refractivity contribution in [1.29, 1.82) is 0 Å². The number of nitrogens with zero attached hydrogens (tertiary/aromatic N) is 4. The van der Waals surface area contributed by atoms with Crippen LogP contribution in [-0.4, -0.2) is 86.9 Å². The monoisotopic (exact) mass is 414 g/mol. The maximum Gasteiger partial charge on any atom is 0.253 e. The highest BCUT2D eigenvalue weighted by Crippen LogP contribution is 2.24. The van der Waals surface area contributed by atoms with Crippen LogP contribution in [0.15, 0.2) is 24.3 Å². The van der Waals surface area contributed by atoms with E-state index in [2.05, 4.69) is 11.9 Å². The minimum Gasteiger partial charge on any atom is -0.378 e. The third-order valence-corrected chi connectivity index (χ3v) is 6.83. The van der Waals surface area contributed by atoms with Crippen LogP contribution in [0.25, 0.3) is 0 Å². The van der Waals surface area contributed by atoms with E-state index in [1.165, 1.54) is 0 Å². The van der Waals surface area contributed by atoms with Gasteiger partial charge in [-0.15, -0.1) is 0 Å². The van der Waals surface area contributed by atoms with E-state index >= 15 is 0 Å². The zero-order chi connectivity index (χ0) is 21.7. The Balaban J connectivity index is 1.48. The summed E-state index contributed by atoms with van der Waals surface area (Å²) in [5.41, 5.74) is 1.84. The molecule has 2 heterocycles. The summed E-state index contributed by atoms with van der Waals surface area (Å²) < 4.78 is 0. The van der Waals surface area contributed by atoms with Crippen molar-refractivity contribution >= 4 is 17.5 Å². The first-order valence-corrected chi connectivity index (χ1v) is 11.4. The van der Waals surface area contributed by atoms with Gasteiger partial charge in [-0.1, -0.05) is 0 Å². The average Bonchev–Trinajstić information content (AvgIpc) is 2.77. The predicted molar refractivity (Wildman–Crippen MR) is 122 cm³/mol. The van der Waals surface area contributed by atoms with Crippen molar-refractivity contribution in [1.82, 2.24) is 14.7 Å². The van der Waals surface area contributed by atoms with Gasteiger partial charge in [0.05, 0.1) is 0 Å². The molecule has 6 heteroatoms. The molecule has 166 valence electrons. The second-order valence-electron chi connectivity index (χ2n) is 9.28. The second kappa shape index (κ2) is 10.3. The van der Waals surface area contributed by atoms with Crippen LogP contribution in [-0.2, 0) is 4.79 Å². The fourth-order valence-electron chi connectivity index (χ4n) is 4.66. The van der Waals surface area contributed by atoms with E-state index in [9.17, 15) is 9.59 Å². The molecular weight excluding hydrogens is 376 g/mol. The number of likely N-dealkylation sites (tertiary alicyclic amines) is 2. The number of rotatable bonds is 6. The Kier molecular flexibility index (Phi) is 7.75. The highest BCUT2D eigenvalue weighted by Gasteiger charge is 2.27. The first-order valence-electron chi connectivity index (χ1n) is 11.4. The van der Waals surface area contributed by atoms with Gasteiger partial charge in [0.25, 0.3) is 5.91 Å². The highest BCUT2D eigenvalue weighted by atomic mass is 16.2. The summed E-state index contributed by atoms with van der Waals surface area (Å²) in [6.07, 6.45) is 5.72. The lowest BCUT2D eigenvalue weighted by molar-refractivity contribution is -0.133. The van der Waals surface area contributed by atoms with Crippen molar-refractivity contribution in [3.8, 4) is 0 Å². The lowest BCUT2D eigenvalue weighted by Crippen LogP contribution is -2.44. The molecule has 2 fully saturated rings. The Bertz CT molecular complexity index is 710. The van der Waals surface area contributed by atoms with Crippen LogP contribution in [0.1, 0.15) is 48.9 Å². The number of benzene rings is 1. The Morgan fingerprint density at radius 1 is 1.00 bits per heavy atom. The topological polar surface area (TPSA) is 47.1 Å². The van der Waals surface area contributed by atoms with Gasteiger partial charge < -0.3 is 19.6 Å². The molecule has 2 aliphatic rings. The number of carbonyl (C=O) groups excluding carboxylic acids is 2. The molecule has 6 nitrogen and oxygen atoms in total. The summed E-state index contributed by atoms with van der Waals surface area (Å²) in [5.74, 6) is 0.783. The minimum absolute atomic E-state index is 0.111. The number of amides is 2. The summed E-state index contributed by atoms with van der Waals surface area (Å²) in [6, 6.07) is 8.20. The van der Waals surface area contributed by atoms with E-state index in [0.717, 1.165) is 69.5 Å². The summed E-state index contributed by atoms with van der Waals surface area (Å²) in [5, 5.41) is 0. The van der Waals surface area contributed by atoms with Crippen molar-refractivity contribution in [3.05, 3.63) is 29.8 Å². The van der Waals surface area contributed by atoms with Crippen LogP contribution in [0.5, 0.6) is 0 Å². The number of hydrogen-bond acceptors (Lipinski definition) is 4. The quantitative estimate of drug-likeness (QED) is 0.718. The molecule has 2 amide bonds. The third-order valence-electron chi connectivity index (χ3n) is 6.83. The Morgan fingerprint density at radius 2 is 1.67 bits per heavy atom. The minimum atomic E-state index is 0.111. The van der Waals surface area contributed by atoms with Crippen molar-refractivity contribution in [2.24, 2.45) is 5.92 Å². The largest absolute Gasteiger partial charge is 0.378 e. The number of carbonyl (C=O) groups is 2. The molecule has 2 aliphatic heterocycles. The molecular formula is C24H38N4O2. The number of piperidine rings is 2. The first kappa shape index (κ1) is 22.6. The smallest absolute Gasteiger partial charge is 0.253 e. The average molecular weight is 415 g/mol. The van der Waals surface area contributed by atoms with Crippen molar-refractivity contribution in [2.45, 2.75) is 44.6 Å². The van der Waals surface area contributed by atoms with Crippen LogP contribution in [0.3, 0.4) is 0 Å². The van der Waals surface area contributed by atoms with Gasteiger partial charge in [-0.05, 0) is 82.4 Å². The molecule has 0 aliphatic carbocycles. The van der Waals surface area contributed by atoms with Crippen molar-refractivity contribution < 1.29 is 9.59 Å². The molecule has 0 unspecified atom stereocenters. The van der Waals surface area contributed by atoms with Crippen LogP contribution < -0.4 is 4.90 Å². The second-order valence-corrected chi connectivity index (χ2v) is 9.28. The van der Waals surface area contributed by atoms with Crippen LogP contribution in [0.2, 0.25) is 0 Å². The standard InChI is InChI=1S/C24H38N4O2/c1-25(2)21-10-8-20(9-11-21)24(30)28-15-5-6-19(18-28)7-12-23(29)27(4)22-13-16-26(3)17-14-22/h8-11,19,22H,5-7,12-18H2,1-4H3/t19-/m1/s1. The number of anilines is 1. The van der Waals surface area contributed by atoms with E-state index in [1.807, 2.05) is 60.1 Å². The fraction of sp³-hybridized carbons (Fsp3) is 0.667. The molecule has 0 aromatic heterocycles. The molecule has 0 radical (unpaired) electrons. The SMILES string of the molecule is CN1CCC(N(C)C(=O)CC[C@H]2CCCN(C(=O)c3ccc(N(C)C)cc3)C2)CC1. The number of hydrogen-bond donors (Lipinski definition) is 0. The van der Waals surface area contributed by atoms with Gasteiger partial charge in [0.1, 0.15) is 0 Å². The molecule has 2 saturated heterocycles. The van der Waals surface area contributed by atoms with E-state index in [1.54, 1.807) is 0 Å². The molecule has 30 heavy (non-hydrogen) atoms. The molecule has 1 aromatic carbocycles. The van der Waals surface area contributed by atoms with Crippen LogP contribution in [0.4, 0.5) is 5.69 Å². The van der Waals surface area contributed by atoms with Gasteiger partial charge in [0, 0.05) is 57.9 Å². The molecule has 0 spiro atoms. The normalized spacial score (nSPS) is 20.8. The Hall–Kier alpha value is -2.08. The van der Waals surface area contributed by atoms with E-state index in [0.29, 0.717) is 18.4 Å². The van der Waals surface area contributed by atoms with Gasteiger partial charge >= 0.3 is 0 Å². The molecule has 0 saturated carbocycles. The van der Waals surface area contributed by atoms with E-state index < -0.39 is 0 Å². The predicted octanol–water partition coefficient (Wildman–Crippen LogP) is 2.94. The summed E-state index contributed by atoms with van der Waals surface area (Å²) >= 11 is 0. The lowest BCUT2D eigenvalue weighted by Gasteiger charge is -2.36. The van der Waals surface area contributed by atoms with Gasteiger partial charge in [0.15, 0.2) is 0 Å². The fourth-order valence-corrected chi connectivity index (χ4v) is 4.66. The Morgan fingerprint density at radius 3 is 2.30 bits per heavy atom. The highest BCUT2D eigenvalue weighted by molar-refractivity contribution is 5.94.